The average molecular weight is 598 g/mol. The summed E-state index contributed by atoms with van der Waals surface area (Å²) in [6.45, 7) is 6.63. The summed E-state index contributed by atoms with van der Waals surface area (Å²) in [6.07, 6.45) is 3.13. The minimum atomic E-state index is -0.465. The number of benzene rings is 2. The van der Waals surface area contributed by atoms with E-state index in [1.165, 1.54) is 6.08 Å². The molecule has 0 aliphatic rings. The van der Waals surface area contributed by atoms with Gasteiger partial charge in [-0.1, -0.05) is 25.9 Å². The first-order valence-corrected chi connectivity index (χ1v) is 14.1. The Balaban J connectivity index is 1.20. The second-order valence-electron chi connectivity index (χ2n) is 11.6. The number of aromatic amines is 2. The molecule has 3 aromatic heterocycles. The Morgan fingerprint density at radius 2 is 1.61 bits per heavy atom. The van der Waals surface area contributed by atoms with E-state index in [2.05, 4.69) is 31.1 Å². The monoisotopic (exact) mass is 597 g/mol. The zero-order valence-electron chi connectivity index (χ0n) is 25.2. The summed E-state index contributed by atoms with van der Waals surface area (Å²) in [6, 6.07) is 15.6. The lowest BCUT2D eigenvalue weighted by Gasteiger charge is -2.12. The van der Waals surface area contributed by atoms with Crippen LogP contribution in [0.1, 0.15) is 42.7 Å². The van der Waals surface area contributed by atoms with Crippen molar-refractivity contribution in [1.29, 1.82) is 0 Å². The van der Waals surface area contributed by atoms with E-state index >= 15 is 0 Å². The van der Waals surface area contributed by atoms with E-state index in [0.29, 0.717) is 47.6 Å². The number of urea groups is 1. The van der Waals surface area contributed by atoms with Crippen molar-refractivity contribution < 1.29 is 23.6 Å². The third-order valence-electron chi connectivity index (χ3n) is 6.65. The normalized spacial score (nSPS) is 11.7. The molecule has 5 aromatic rings. The third-order valence-corrected chi connectivity index (χ3v) is 6.65. The number of ether oxygens (including phenoxy) is 1. The van der Waals surface area contributed by atoms with Crippen LogP contribution in [0.4, 0.5) is 16.3 Å². The summed E-state index contributed by atoms with van der Waals surface area (Å²) in [4.78, 5) is 45.8. The van der Waals surface area contributed by atoms with Crippen LogP contribution in [0.25, 0.3) is 21.8 Å². The molecule has 0 bridgehead atoms. The number of amides is 3. The van der Waals surface area contributed by atoms with Crippen LogP contribution in [0.15, 0.2) is 71.4 Å². The lowest BCUT2D eigenvalue weighted by Crippen LogP contribution is -2.26. The number of carbonyl (C=O) groups excluding carboxylic acids is 3. The lowest BCUT2D eigenvalue weighted by molar-refractivity contribution is -0.116. The van der Waals surface area contributed by atoms with Gasteiger partial charge in [-0.3, -0.25) is 14.9 Å². The fraction of sp³-hybridized carbons (Fsp3) is 0.250. The molecule has 0 saturated carbocycles. The molecule has 5 rings (SSSR count). The number of aromatic nitrogens is 3. The zero-order valence-corrected chi connectivity index (χ0v) is 25.2. The van der Waals surface area contributed by atoms with Crippen LogP contribution in [-0.2, 0) is 10.2 Å². The van der Waals surface area contributed by atoms with Crippen molar-refractivity contribution in [3.05, 3.63) is 84.0 Å². The molecule has 12 nitrogen and oxygen atoms in total. The molecule has 0 fully saturated rings. The van der Waals surface area contributed by atoms with Crippen LogP contribution in [-0.4, -0.2) is 65.0 Å². The molecule has 3 heterocycles. The molecule has 12 heteroatoms. The molecule has 44 heavy (non-hydrogen) atoms. The number of nitrogens with zero attached hydrogens (tertiary/aromatic N) is 2. The van der Waals surface area contributed by atoms with Crippen molar-refractivity contribution in [1.82, 2.24) is 25.3 Å². The second kappa shape index (κ2) is 12.4. The van der Waals surface area contributed by atoms with Gasteiger partial charge in [0, 0.05) is 65.3 Å². The van der Waals surface area contributed by atoms with Crippen LogP contribution in [0.3, 0.4) is 0 Å². The Morgan fingerprint density at radius 1 is 0.932 bits per heavy atom. The molecule has 5 N–H and O–H groups in total. The van der Waals surface area contributed by atoms with Gasteiger partial charge in [0.15, 0.2) is 5.82 Å². The predicted octanol–water partition coefficient (Wildman–Crippen LogP) is 5.38. The van der Waals surface area contributed by atoms with E-state index in [4.69, 9.17) is 9.26 Å². The smallest absolute Gasteiger partial charge is 0.324 e. The van der Waals surface area contributed by atoms with Gasteiger partial charge in [-0.15, -0.1) is 0 Å². The quantitative estimate of drug-likeness (QED) is 0.0822. The average Bonchev–Trinajstić information content (AvgIpc) is 3.71. The summed E-state index contributed by atoms with van der Waals surface area (Å²) in [5.74, 6) is 1.20. The molecule has 0 spiro atoms. The van der Waals surface area contributed by atoms with Crippen molar-refractivity contribution in [3.8, 4) is 5.75 Å². The number of hydrogen-bond donors (Lipinski definition) is 5. The summed E-state index contributed by atoms with van der Waals surface area (Å²) >= 11 is 0. The van der Waals surface area contributed by atoms with E-state index < -0.39 is 6.03 Å². The van der Waals surface area contributed by atoms with Gasteiger partial charge < -0.3 is 34.8 Å². The summed E-state index contributed by atoms with van der Waals surface area (Å²) < 4.78 is 11.1. The standard InChI is InChI=1S/C32H35N7O5/c1-32(2,3)27-18-28(38-44-27)37-31(42)34-21-6-8-23-19(14-21)16-25(35-23)30(41)26-17-20-15-22(7-9-24(20)36-26)43-13-11-33-29(40)10-12-39(4)5/h6-10,12,14-18,35-36H,11,13H2,1-5H3,(H,33,40)(H2,34,37,38,42)/b12-10+. The van der Waals surface area contributed by atoms with Gasteiger partial charge >= 0.3 is 6.03 Å². The number of rotatable bonds is 10. The summed E-state index contributed by atoms with van der Waals surface area (Å²) in [7, 11) is 3.68. The maximum atomic E-state index is 13.3. The number of anilines is 2. The van der Waals surface area contributed by atoms with E-state index in [1.54, 1.807) is 53.6 Å². The summed E-state index contributed by atoms with van der Waals surface area (Å²) in [5.41, 5.74) is 2.69. The first kappa shape index (κ1) is 30.0. The lowest BCUT2D eigenvalue weighted by atomic mass is 9.93. The maximum Gasteiger partial charge on any atom is 0.324 e. The number of nitrogens with one attached hydrogen (secondary N) is 5. The van der Waals surface area contributed by atoms with Crippen molar-refractivity contribution >= 4 is 51.0 Å². The molecule has 2 aromatic carbocycles. The van der Waals surface area contributed by atoms with Crippen LogP contribution < -0.4 is 20.7 Å². The Kier molecular flexibility index (Phi) is 8.43. The molecule has 228 valence electrons. The highest BCUT2D eigenvalue weighted by Gasteiger charge is 2.20. The molecule has 0 radical (unpaired) electrons. The van der Waals surface area contributed by atoms with Crippen molar-refractivity contribution in [2.45, 2.75) is 26.2 Å². The molecule has 3 amide bonds. The molecule has 0 saturated heterocycles. The fourth-order valence-electron chi connectivity index (χ4n) is 4.39. The number of H-pyrrole nitrogens is 2. The van der Waals surface area contributed by atoms with Crippen LogP contribution in [0.2, 0.25) is 0 Å². The van der Waals surface area contributed by atoms with Gasteiger partial charge in [0.1, 0.15) is 18.1 Å². The minimum absolute atomic E-state index is 0.195. The van der Waals surface area contributed by atoms with Crippen molar-refractivity contribution in [3.63, 3.8) is 0 Å². The largest absolute Gasteiger partial charge is 0.492 e. The minimum Gasteiger partial charge on any atom is -0.492 e. The highest BCUT2D eigenvalue weighted by atomic mass is 16.5. The van der Waals surface area contributed by atoms with Gasteiger partial charge in [-0.2, -0.15) is 0 Å². The third kappa shape index (κ3) is 7.27. The Labute approximate surface area is 253 Å². The molecular weight excluding hydrogens is 562 g/mol. The topological polar surface area (TPSA) is 157 Å². The predicted molar refractivity (Wildman–Crippen MR) is 169 cm³/mol. The number of carbonyl (C=O) groups is 3. The molecule has 0 unspecified atom stereocenters. The molecule has 0 atom stereocenters. The van der Waals surface area contributed by atoms with E-state index in [0.717, 1.165) is 21.8 Å². The molecule has 0 aliphatic carbocycles. The Hall–Kier alpha value is -5.52. The second-order valence-corrected chi connectivity index (χ2v) is 11.6. The highest BCUT2D eigenvalue weighted by molar-refractivity contribution is 6.11. The molecule has 0 aliphatic heterocycles. The maximum absolute atomic E-state index is 13.3. The van der Waals surface area contributed by atoms with E-state index in [9.17, 15) is 14.4 Å². The van der Waals surface area contributed by atoms with Gasteiger partial charge in [0.25, 0.3) is 0 Å². The van der Waals surface area contributed by atoms with Crippen LogP contribution in [0, 0.1) is 0 Å². The Morgan fingerprint density at radius 3 is 2.27 bits per heavy atom. The fourth-order valence-corrected chi connectivity index (χ4v) is 4.39. The zero-order chi connectivity index (χ0) is 31.4. The summed E-state index contributed by atoms with van der Waals surface area (Å²) in [5, 5.41) is 13.7. The number of hydrogen-bond acceptors (Lipinski definition) is 7. The van der Waals surface area contributed by atoms with Crippen LogP contribution >= 0.6 is 0 Å². The van der Waals surface area contributed by atoms with Gasteiger partial charge in [-0.05, 0) is 48.5 Å². The first-order chi connectivity index (χ1) is 20.9. The number of ketones is 1. The van der Waals surface area contributed by atoms with Crippen LogP contribution in [0.5, 0.6) is 5.75 Å². The van der Waals surface area contributed by atoms with Gasteiger partial charge in [0.05, 0.1) is 17.9 Å². The van der Waals surface area contributed by atoms with Gasteiger partial charge in [-0.25, -0.2) is 4.79 Å². The first-order valence-electron chi connectivity index (χ1n) is 14.1. The van der Waals surface area contributed by atoms with Gasteiger partial charge in [0.2, 0.25) is 11.7 Å². The number of fused-ring (bicyclic) bond motifs is 2. The SMILES string of the molecule is CN(C)/C=C/C(=O)NCCOc1ccc2[nH]c(C(=O)c3cc4cc(NC(=O)Nc5cc(C(C)(C)C)on5)ccc4[nH]3)cc2c1. The van der Waals surface area contributed by atoms with E-state index in [-0.39, 0.29) is 17.1 Å². The van der Waals surface area contributed by atoms with Crippen molar-refractivity contribution in [2.24, 2.45) is 0 Å². The van der Waals surface area contributed by atoms with E-state index in [1.807, 2.05) is 47.0 Å². The highest BCUT2D eigenvalue weighted by Crippen LogP contribution is 2.26. The molecular formula is C32H35N7O5. The van der Waals surface area contributed by atoms with Crippen molar-refractivity contribution in [2.75, 3.05) is 37.9 Å². The Bertz CT molecular complexity index is 1860.